The Morgan fingerprint density at radius 3 is 2.77 bits per heavy atom. The topological polar surface area (TPSA) is 57.7 Å². The molecule has 0 aliphatic carbocycles. The molecule has 1 aromatic carbocycles. The molecule has 1 aromatic heterocycles. The fourth-order valence-electron chi connectivity index (χ4n) is 2.50. The molecule has 2 heterocycles. The average molecular weight is 414 g/mol. The molecule has 0 N–H and O–H groups in total. The Labute approximate surface area is 169 Å². The van der Waals surface area contributed by atoms with Crippen LogP contribution in [0.1, 0.15) is 35.2 Å². The quantitative estimate of drug-likeness (QED) is 0.307. The van der Waals surface area contributed by atoms with Gasteiger partial charge in [-0.05, 0) is 49.1 Å². The van der Waals surface area contributed by atoms with Gasteiger partial charge in [0.15, 0.2) is 11.5 Å². The number of halogens is 1. The summed E-state index contributed by atoms with van der Waals surface area (Å²) >= 11 is 9.34. The number of nitrogens with zero attached hydrogens (tertiary/aromatic N) is 1. The lowest BCUT2D eigenvalue weighted by atomic mass is 10.0. The number of hydrogen-bond donors (Lipinski definition) is 2. The Bertz CT molecular complexity index is 743. The summed E-state index contributed by atoms with van der Waals surface area (Å²) in [6, 6.07) is 9.11. The number of fused-ring (bicyclic) bond motifs is 1. The van der Waals surface area contributed by atoms with Gasteiger partial charge in [0.1, 0.15) is 0 Å². The number of thiol groups is 2. The minimum atomic E-state index is -0.589. The maximum Gasteiger partial charge on any atom is 0.339 e. The zero-order chi connectivity index (χ0) is 17.7. The highest BCUT2D eigenvalue weighted by molar-refractivity contribution is 7.99. The number of hydrogen-bond acceptors (Lipinski definition) is 7. The Hall–Kier alpha value is -1.57. The molecular weight excluding hydrogens is 394 g/mol. The molecule has 0 amide bonds. The Kier molecular flexibility index (Phi) is 7.49. The molecule has 0 atom stereocenters. The predicted octanol–water partition coefficient (Wildman–Crippen LogP) is 4.27. The Morgan fingerprint density at radius 1 is 1.19 bits per heavy atom. The third-order valence-corrected chi connectivity index (χ3v) is 4.85. The van der Waals surface area contributed by atoms with E-state index in [0.29, 0.717) is 12.2 Å². The smallest absolute Gasteiger partial charge is 0.339 e. The van der Waals surface area contributed by atoms with Crippen molar-refractivity contribution < 1.29 is 19.0 Å². The van der Waals surface area contributed by atoms with E-state index in [-0.39, 0.29) is 25.2 Å². The fourth-order valence-corrected chi connectivity index (χ4v) is 3.09. The van der Waals surface area contributed by atoms with Crippen LogP contribution in [0.4, 0.5) is 0 Å². The number of pyridine rings is 1. The van der Waals surface area contributed by atoms with E-state index in [9.17, 15) is 4.79 Å². The SMILES string of the molecule is Cl.O=C(OCCCCC(S)(S)c1ccc2c(c1)OCO2)c1cccnc1. The lowest BCUT2D eigenvalue weighted by Gasteiger charge is -2.23. The molecule has 0 unspecified atom stereocenters. The molecule has 26 heavy (non-hydrogen) atoms. The lowest BCUT2D eigenvalue weighted by Crippen LogP contribution is -2.12. The van der Waals surface area contributed by atoms with Gasteiger partial charge < -0.3 is 14.2 Å². The molecule has 3 rings (SSSR count). The normalized spacial score (nSPS) is 12.4. The van der Waals surface area contributed by atoms with Crippen molar-refractivity contribution in [2.45, 2.75) is 23.3 Å². The molecule has 0 saturated carbocycles. The fraction of sp³-hybridized carbons (Fsp3) is 0.333. The van der Waals surface area contributed by atoms with E-state index >= 15 is 0 Å². The van der Waals surface area contributed by atoms with E-state index in [1.165, 1.54) is 6.20 Å². The predicted molar refractivity (Wildman–Crippen MR) is 108 cm³/mol. The number of rotatable bonds is 7. The van der Waals surface area contributed by atoms with Gasteiger partial charge in [0.2, 0.25) is 6.79 Å². The first-order chi connectivity index (χ1) is 12.1. The van der Waals surface area contributed by atoms with Crippen molar-refractivity contribution in [2.75, 3.05) is 13.4 Å². The van der Waals surface area contributed by atoms with E-state index in [1.54, 1.807) is 18.3 Å². The Balaban J connectivity index is 0.00000243. The second kappa shape index (κ2) is 9.39. The number of aromatic nitrogens is 1. The van der Waals surface area contributed by atoms with Crippen molar-refractivity contribution in [3.05, 3.63) is 53.9 Å². The summed E-state index contributed by atoms with van der Waals surface area (Å²) in [5.41, 5.74) is 1.41. The highest BCUT2D eigenvalue weighted by Crippen LogP contribution is 2.42. The highest BCUT2D eigenvalue weighted by Gasteiger charge is 2.25. The van der Waals surface area contributed by atoms with Crippen LogP contribution in [-0.4, -0.2) is 24.4 Å². The number of unbranched alkanes of at least 4 members (excludes halogenated alkanes) is 1. The van der Waals surface area contributed by atoms with E-state index in [2.05, 4.69) is 30.2 Å². The standard InChI is InChI=1S/C18H19NO4S2.ClH/c20-17(13-4-3-8-19-11-13)21-9-2-1-7-18(24,25)14-5-6-15-16(10-14)23-12-22-15;/h3-6,8,10-11,24-25H,1-2,7,9,12H2;1H. The summed E-state index contributed by atoms with van der Waals surface area (Å²) in [5.74, 6) is 1.10. The maximum atomic E-state index is 11.8. The molecule has 8 heteroatoms. The first kappa shape index (κ1) is 20.7. The number of benzene rings is 1. The van der Waals surface area contributed by atoms with Crippen molar-refractivity contribution in [2.24, 2.45) is 0 Å². The molecule has 0 radical (unpaired) electrons. The monoisotopic (exact) mass is 413 g/mol. The molecule has 0 fully saturated rings. The highest BCUT2D eigenvalue weighted by atomic mass is 35.5. The van der Waals surface area contributed by atoms with Gasteiger partial charge in [-0.15, -0.1) is 12.4 Å². The zero-order valence-electron chi connectivity index (χ0n) is 14.0. The van der Waals surface area contributed by atoms with Crippen molar-refractivity contribution in [3.8, 4) is 11.5 Å². The summed E-state index contributed by atoms with van der Waals surface area (Å²) in [6.45, 7) is 0.597. The van der Waals surface area contributed by atoms with Crippen LogP contribution < -0.4 is 9.47 Å². The van der Waals surface area contributed by atoms with Crippen LogP contribution in [0.3, 0.4) is 0 Å². The minimum Gasteiger partial charge on any atom is -0.462 e. The second-order valence-electron chi connectivity index (χ2n) is 5.72. The van der Waals surface area contributed by atoms with Gasteiger partial charge in [-0.1, -0.05) is 6.07 Å². The van der Waals surface area contributed by atoms with Gasteiger partial charge in [0, 0.05) is 12.4 Å². The molecule has 2 aromatic rings. The summed E-state index contributed by atoms with van der Waals surface area (Å²) < 4.78 is 15.4. The third-order valence-electron chi connectivity index (χ3n) is 3.89. The molecule has 1 aliphatic heterocycles. The largest absolute Gasteiger partial charge is 0.462 e. The van der Waals surface area contributed by atoms with Gasteiger partial charge >= 0.3 is 5.97 Å². The minimum absolute atomic E-state index is 0. The summed E-state index contributed by atoms with van der Waals surface area (Å²) in [6.07, 6.45) is 5.39. The van der Waals surface area contributed by atoms with Crippen LogP contribution in [0.5, 0.6) is 11.5 Å². The van der Waals surface area contributed by atoms with Gasteiger partial charge in [-0.2, -0.15) is 25.3 Å². The van der Waals surface area contributed by atoms with E-state index < -0.39 is 4.08 Å². The summed E-state index contributed by atoms with van der Waals surface area (Å²) in [7, 11) is 0. The first-order valence-corrected chi connectivity index (χ1v) is 8.88. The van der Waals surface area contributed by atoms with Crippen LogP contribution in [0.15, 0.2) is 42.7 Å². The van der Waals surface area contributed by atoms with Gasteiger partial charge in [-0.3, -0.25) is 4.98 Å². The molecule has 0 bridgehead atoms. The second-order valence-corrected chi connectivity index (χ2v) is 7.60. The van der Waals surface area contributed by atoms with Crippen molar-refractivity contribution in [3.63, 3.8) is 0 Å². The van der Waals surface area contributed by atoms with E-state index in [4.69, 9.17) is 14.2 Å². The zero-order valence-corrected chi connectivity index (χ0v) is 16.6. The van der Waals surface area contributed by atoms with E-state index in [0.717, 1.165) is 36.3 Å². The summed E-state index contributed by atoms with van der Waals surface area (Å²) in [4.78, 5) is 15.7. The van der Waals surface area contributed by atoms with Gasteiger partial charge in [-0.25, -0.2) is 4.79 Å². The van der Waals surface area contributed by atoms with Crippen LogP contribution in [0, 0.1) is 0 Å². The number of carbonyl (C=O) groups is 1. The number of esters is 1. The average Bonchev–Trinajstić information content (AvgIpc) is 3.09. The first-order valence-electron chi connectivity index (χ1n) is 7.98. The van der Waals surface area contributed by atoms with Gasteiger partial charge in [0.05, 0.1) is 16.2 Å². The molecule has 0 spiro atoms. The lowest BCUT2D eigenvalue weighted by molar-refractivity contribution is 0.0497. The van der Waals surface area contributed by atoms with Crippen LogP contribution >= 0.6 is 37.7 Å². The van der Waals surface area contributed by atoms with Crippen molar-refractivity contribution >= 4 is 43.6 Å². The van der Waals surface area contributed by atoms with Crippen LogP contribution in [0.25, 0.3) is 0 Å². The Morgan fingerprint density at radius 2 is 2.00 bits per heavy atom. The molecule has 5 nitrogen and oxygen atoms in total. The van der Waals surface area contributed by atoms with E-state index in [1.807, 2.05) is 18.2 Å². The molecular formula is C18H20ClNO4S2. The molecule has 1 aliphatic rings. The van der Waals surface area contributed by atoms with Crippen LogP contribution in [0.2, 0.25) is 0 Å². The van der Waals surface area contributed by atoms with Crippen LogP contribution in [-0.2, 0) is 8.82 Å². The number of carbonyl (C=O) groups excluding carboxylic acids is 1. The molecule has 140 valence electrons. The maximum absolute atomic E-state index is 11.8. The molecule has 0 saturated heterocycles. The third kappa shape index (κ3) is 5.22. The van der Waals surface area contributed by atoms with Gasteiger partial charge in [0.25, 0.3) is 0 Å². The van der Waals surface area contributed by atoms with Crippen molar-refractivity contribution in [1.82, 2.24) is 4.98 Å². The van der Waals surface area contributed by atoms with Crippen molar-refractivity contribution in [1.29, 1.82) is 0 Å². The number of ether oxygens (including phenoxy) is 3. The summed E-state index contributed by atoms with van der Waals surface area (Å²) in [5, 5.41) is 0.